The van der Waals surface area contributed by atoms with E-state index in [2.05, 4.69) is 16.0 Å². The van der Waals surface area contributed by atoms with E-state index < -0.39 is 0 Å². The van der Waals surface area contributed by atoms with Crippen LogP contribution in [-0.4, -0.2) is 45.1 Å². The molecule has 148 valence electrons. The van der Waals surface area contributed by atoms with Gasteiger partial charge in [0.1, 0.15) is 11.5 Å². The topological polar surface area (TPSA) is 78.4 Å². The second kappa shape index (κ2) is 7.17. The van der Waals surface area contributed by atoms with E-state index in [0.29, 0.717) is 17.2 Å². The maximum absolute atomic E-state index is 13.0. The van der Waals surface area contributed by atoms with E-state index in [1.807, 2.05) is 37.3 Å². The van der Waals surface area contributed by atoms with E-state index in [-0.39, 0.29) is 18.6 Å². The first-order valence-electron chi connectivity index (χ1n) is 9.70. The number of aromatic amines is 1. The fourth-order valence-corrected chi connectivity index (χ4v) is 5.00. The van der Waals surface area contributed by atoms with Gasteiger partial charge in [-0.25, -0.2) is 0 Å². The first-order chi connectivity index (χ1) is 14.1. The highest BCUT2D eigenvalue weighted by Crippen LogP contribution is 2.36. The number of aryl methyl sites for hydroxylation is 1. The lowest BCUT2D eigenvalue weighted by atomic mass is 10.2. The number of thiophene rings is 1. The average Bonchev–Trinajstić information content (AvgIpc) is 3.44. The Balaban J connectivity index is 1.47. The van der Waals surface area contributed by atoms with Crippen molar-refractivity contribution < 1.29 is 14.6 Å². The van der Waals surface area contributed by atoms with Crippen LogP contribution in [0.1, 0.15) is 28.2 Å². The van der Waals surface area contributed by atoms with Crippen LogP contribution in [0.5, 0.6) is 11.5 Å². The Labute approximate surface area is 171 Å². The molecule has 1 aromatic carbocycles. The standard InChI is InChI=1S/C22H21N3O3S/c1-13-9-14-10-16(4-5-17(14)24-13)28-19-6-7-23-18-11-20(29-21(18)19)22(27)25-8-2-3-15(25)12-26/h4-7,9-11,15,24,26H,2-3,8,12H2,1H3. The van der Waals surface area contributed by atoms with Crippen molar-refractivity contribution in [3.63, 3.8) is 0 Å². The average molecular weight is 407 g/mol. The van der Waals surface area contributed by atoms with E-state index in [9.17, 15) is 9.90 Å². The number of hydrogen-bond acceptors (Lipinski definition) is 5. The van der Waals surface area contributed by atoms with Crippen LogP contribution in [0, 0.1) is 6.92 Å². The molecule has 3 aromatic heterocycles. The van der Waals surface area contributed by atoms with E-state index in [4.69, 9.17) is 4.74 Å². The number of amides is 1. The molecular weight excluding hydrogens is 386 g/mol. The Bertz CT molecular complexity index is 1210. The van der Waals surface area contributed by atoms with Crippen molar-refractivity contribution in [3.05, 3.63) is 53.2 Å². The normalized spacial score (nSPS) is 16.8. The molecule has 0 spiro atoms. The van der Waals surface area contributed by atoms with Gasteiger partial charge in [-0.1, -0.05) is 0 Å². The van der Waals surface area contributed by atoms with Crippen LogP contribution in [0.25, 0.3) is 21.1 Å². The van der Waals surface area contributed by atoms with Crippen molar-refractivity contribution >= 4 is 38.4 Å². The number of H-pyrrole nitrogens is 1. The molecule has 0 saturated carbocycles. The van der Waals surface area contributed by atoms with E-state index in [0.717, 1.165) is 45.4 Å². The van der Waals surface area contributed by atoms with Gasteiger partial charge < -0.3 is 19.7 Å². The van der Waals surface area contributed by atoms with Crippen LogP contribution in [0.3, 0.4) is 0 Å². The number of carbonyl (C=O) groups excluding carboxylic acids is 1. The summed E-state index contributed by atoms with van der Waals surface area (Å²) in [5.74, 6) is 1.38. The van der Waals surface area contributed by atoms with Gasteiger partial charge in [0.25, 0.3) is 5.91 Å². The predicted molar refractivity (Wildman–Crippen MR) is 114 cm³/mol. The third-order valence-electron chi connectivity index (χ3n) is 5.39. The molecule has 1 atom stereocenters. The van der Waals surface area contributed by atoms with Gasteiger partial charge in [0, 0.05) is 35.4 Å². The Kier molecular flexibility index (Phi) is 4.49. The monoisotopic (exact) mass is 407 g/mol. The summed E-state index contributed by atoms with van der Waals surface area (Å²) in [7, 11) is 0. The minimum absolute atomic E-state index is 0.00432. The molecule has 4 aromatic rings. The number of nitrogens with zero attached hydrogens (tertiary/aromatic N) is 2. The summed E-state index contributed by atoms with van der Waals surface area (Å²) < 4.78 is 7.01. The zero-order chi connectivity index (χ0) is 20.0. The molecule has 6 nitrogen and oxygen atoms in total. The quantitative estimate of drug-likeness (QED) is 0.523. The van der Waals surface area contributed by atoms with Crippen LogP contribution in [-0.2, 0) is 0 Å². The largest absolute Gasteiger partial charge is 0.456 e. The molecule has 1 amide bonds. The molecule has 4 heterocycles. The Morgan fingerprint density at radius 2 is 2.24 bits per heavy atom. The Morgan fingerprint density at radius 3 is 3.10 bits per heavy atom. The van der Waals surface area contributed by atoms with Gasteiger partial charge in [0.15, 0.2) is 0 Å². The summed E-state index contributed by atoms with van der Waals surface area (Å²) in [4.78, 5) is 23.1. The fourth-order valence-electron chi connectivity index (χ4n) is 3.98. The number of carbonyl (C=O) groups is 1. The second-order valence-corrected chi connectivity index (χ2v) is 8.47. The van der Waals surface area contributed by atoms with Crippen LogP contribution in [0.2, 0.25) is 0 Å². The molecule has 7 heteroatoms. The molecule has 1 aliphatic rings. The number of hydrogen-bond donors (Lipinski definition) is 2. The van der Waals surface area contributed by atoms with Crippen molar-refractivity contribution in [3.8, 4) is 11.5 Å². The summed E-state index contributed by atoms with van der Waals surface area (Å²) in [6.07, 6.45) is 3.47. The number of nitrogens with one attached hydrogen (secondary N) is 1. The highest BCUT2D eigenvalue weighted by atomic mass is 32.1. The molecule has 1 saturated heterocycles. The lowest BCUT2D eigenvalue weighted by molar-refractivity contribution is 0.0682. The SMILES string of the molecule is Cc1cc2cc(Oc3ccnc4cc(C(=O)N5CCCC5CO)sc34)ccc2[nH]1. The summed E-state index contributed by atoms with van der Waals surface area (Å²) in [6.45, 7) is 2.72. The van der Waals surface area contributed by atoms with Crippen molar-refractivity contribution in [1.29, 1.82) is 0 Å². The number of ether oxygens (including phenoxy) is 1. The van der Waals surface area contributed by atoms with Gasteiger partial charge in [0.2, 0.25) is 0 Å². The summed E-state index contributed by atoms with van der Waals surface area (Å²) >= 11 is 1.39. The van der Waals surface area contributed by atoms with Crippen molar-refractivity contribution in [1.82, 2.24) is 14.9 Å². The molecule has 1 unspecified atom stereocenters. The van der Waals surface area contributed by atoms with Crippen LogP contribution >= 0.6 is 11.3 Å². The van der Waals surface area contributed by atoms with E-state index in [1.54, 1.807) is 11.1 Å². The zero-order valence-electron chi connectivity index (χ0n) is 16.0. The molecule has 0 aliphatic carbocycles. The zero-order valence-corrected chi connectivity index (χ0v) is 16.8. The number of pyridine rings is 1. The van der Waals surface area contributed by atoms with Crippen molar-refractivity contribution in [2.75, 3.05) is 13.2 Å². The molecule has 1 fully saturated rings. The third kappa shape index (κ3) is 3.26. The van der Waals surface area contributed by atoms with Gasteiger partial charge in [0.05, 0.1) is 27.7 Å². The number of aromatic nitrogens is 2. The molecule has 0 bridgehead atoms. The number of likely N-dealkylation sites (tertiary alicyclic amines) is 1. The molecule has 0 radical (unpaired) electrons. The van der Waals surface area contributed by atoms with Crippen molar-refractivity contribution in [2.24, 2.45) is 0 Å². The fraction of sp³-hybridized carbons (Fsp3) is 0.273. The first-order valence-corrected chi connectivity index (χ1v) is 10.5. The van der Waals surface area contributed by atoms with Gasteiger partial charge in [-0.15, -0.1) is 11.3 Å². The van der Waals surface area contributed by atoms with E-state index >= 15 is 0 Å². The number of rotatable bonds is 4. The maximum atomic E-state index is 13.0. The Hall–Kier alpha value is -2.90. The first kappa shape index (κ1) is 18.1. The van der Waals surface area contributed by atoms with Gasteiger partial charge in [-0.2, -0.15) is 0 Å². The molecule has 2 N–H and O–H groups in total. The summed E-state index contributed by atoms with van der Waals surface area (Å²) in [5.41, 5.74) is 2.92. The minimum atomic E-state index is -0.0899. The predicted octanol–water partition coefficient (Wildman–Crippen LogP) is 4.48. The number of aliphatic hydroxyl groups excluding tert-OH is 1. The van der Waals surface area contributed by atoms with Gasteiger partial charge >= 0.3 is 0 Å². The van der Waals surface area contributed by atoms with Gasteiger partial charge in [-0.3, -0.25) is 9.78 Å². The molecule has 5 rings (SSSR count). The summed E-state index contributed by atoms with van der Waals surface area (Å²) in [5, 5.41) is 10.6. The molecular formula is C22H21N3O3S. The number of fused-ring (bicyclic) bond motifs is 2. The van der Waals surface area contributed by atoms with Crippen LogP contribution in [0.15, 0.2) is 42.6 Å². The lowest BCUT2D eigenvalue weighted by Crippen LogP contribution is -2.37. The highest BCUT2D eigenvalue weighted by molar-refractivity contribution is 7.21. The number of aliphatic hydroxyl groups is 1. The minimum Gasteiger partial charge on any atom is -0.456 e. The Morgan fingerprint density at radius 1 is 1.34 bits per heavy atom. The molecule has 1 aliphatic heterocycles. The van der Waals surface area contributed by atoms with E-state index in [1.165, 1.54) is 11.3 Å². The maximum Gasteiger partial charge on any atom is 0.264 e. The third-order valence-corrected chi connectivity index (χ3v) is 6.52. The number of benzene rings is 1. The van der Waals surface area contributed by atoms with Gasteiger partial charge in [-0.05, 0) is 50.1 Å². The highest BCUT2D eigenvalue weighted by Gasteiger charge is 2.30. The molecule has 29 heavy (non-hydrogen) atoms. The smallest absolute Gasteiger partial charge is 0.264 e. The van der Waals surface area contributed by atoms with Crippen LogP contribution in [0.4, 0.5) is 0 Å². The second-order valence-electron chi connectivity index (χ2n) is 7.41. The summed E-state index contributed by atoms with van der Waals surface area (Å²) in [6, 6.07) is 11.6. The van der Waals surface area contributed by atoms with Crippen molar-refractivity contribution in [2.45, 2.75) is 25.8 Å². The lowest BCUT2D eigenvalue weighted by Gasteiger charge is -2.22. The van der Waals surface area contributed by atoms with Crippen LogP contribution < -0.4 is 4.74 Å².